The smallest absolute Gasteiger partial charge is 0.254 e. The van der Waals surface area contributed by atoms with E-state index in [9.17, 15) is 18.3 Å². The summed E-state index contributed by atoms with van der Waals surface area (Å²) in [5, 5.41) is 18.6. The molecule has 2 rings (SSSR count). The fraction of sp³-hybridized carbons (Fsp3) is 0.500. The van der Waals surface area contributed by atoms with Gasteiger partial charge in [0.05, 0.1) is 24.2 Å². The maximum atomic E-state index is 12.5. The Hall–Kier alpha value is -1.44. The van der Waals surface area contributed by atoms with E-state index in [0.29, 0.717) is 12.0 Å². The Morgan fingerprint density at radius 2 is 2.00 bits per heavy atom. The summed E-state index contributed by atoms with van der Waals surface area (Å²) in [7, 11) is -3.14. The molecule has 0 bridgehead atoms. The molecule has 0 aliphatic carbocycles. The van der Waals surface area contributed by atoms with Crippen molar-refractivity contribution in [3.63, 3.8) is 0 Å². The van der Waals surface area contributed by atoms with E-state index in [2.05, 4.69) is 0 Å². The number of carbonyl (C=O) groups is 1. The SMILES string of the molecule is O=C(c1ccccc1)N(C[C@@H](O)CO)[C@H]1CCS(=O)(=O)C1. The molecule has 7 heteroatoms. The first-order valence-corrected chi connectivity index (χ1v) is 8.60. The van der Waals surface area contributed by atoms with Crippen LogP contribution in [0, 0.1) is 0 Å². The average molecular weight is 313 g/mol. The Kier molecular flexibility index (Phi) is 4.97. The van der Waals surface area contributed by atoms with Gasteiger partial charge in [-0.05, 0) is 18.6 Å². The normalized spacial score (nSPS) is 21.9. The minimum atomic E-state index is -3.14. The van der Waals surface area contributed by atoms with Gasteiger partial charge >= 0.3 is 0 Å². The van der Waals surface area contributed by atoms with Crippen LogP contribution < -0.4 is 0 Å². The molecular weight excluding hydrogens is 294 g/mol. The fourth-order valence-corrected chi connectivity index (χ4v) is 4.18. The highest BCUT2D eigenvalue weighted by Gasteiger charge is 2.35. The van der Waals surface area contributed by atoms with Gasteiger partial charge in [0.15, 0.2) is 9.84 Å². The van der Waals surface area contributed by atoms with Crippen LogP contribution in [0.1, 0.15) is 16.8 Å². The van der Waals surface area contributed by atoms with Crippen molar-refractivity contribution < 1.29 is 23.4 Å². The molecular formula is C14H19NO5S. The van der Waals surface area contributed by atoms with Crippen LogP contribution in [0.15, 0.2) is 30.3 Å². The summed E-state index contributed by atoms with van der Waals surface area (Å²) in [6.07, 6.45) is -0.722. The van der Waals surface area contributed by atoms with Crippen LogP contribution in [0.3, 0.4) is 0 Å². The lowest BCUT2D eigenvalue weighted by Crippen LogP contribution is -2.46. The molecule has 0 unspecified atom stereocenters. The van der Waals surface area contributed by atoms with Crippen molar-refractivity contribution in [2.75, 3.05) is 24.7 Å². The zero-order valence-electron chi connectivity index (χ0n) is 11.6. The first-order valence-electron chi connectivity index (χ1n) is 6.78. The van der Waals surface area contributed by atoms with Crippen molar-refractivity contribution in [3.8, 4) is 0 Å². The third-order valence-electron chi connectivity index (χ3n) is 3.55. The molecule has 1 aromatic carbocycles. The Morgan fingerprint density at radius 1 is 1.33 bits per heavy atom. The quantitative estimate of drug-likeness (QED) is 0.776. The highest BCUT2D eigenvalue weighted by atomic mass is 32.2. The van der Waals surface area contributed by atoms with Crippen LogP contribution in [0.25, 0.3) is 0 Å². The van der Waals surface area contributed by atoms with Gasteiger partial charge < -0.3 is 15.1 Å². The molecule has 1 aliphatic rings. The van der Waals surface area contributed by atoms with Gasteiger partial charge in [-0.15, -0.1) is 0 Å². The van der Waals surface area contributed by atoms with E-state index in [0.717, 1.165) is 0 Å². The van der Waals surface area contributed by atoms with Gasteiger partial charge in [-0.25, -0.2) is 8.42 Å². The zero-order chi connectivity index (χ0) is 15.5. The number of sulfone groups is 1. The number of rotatable bonds is 5. The predicted octanol–water partition coefficient (Wildman–Crippen LogP) is -0.331. The molecule has 0 spiro atoms. The summed E-state index contributed by atoms with van der Waals surface area (Å²) in [5.41, 5.74) is 0.437. The molecule has 1 heterocycles. The standard InChI is InChI=1S/C14H19NO5S/c16-9-13(17)8-15(12-6-7-21(19,20)10-12)14(18)11-4-2-1-3-5-11/h1-5,12-13,16-17H,6-10H2/t12-,13+/m0/s1. The third kappa shape index (κ3) is 4.03. The molecule has 1 saturated heterocycles. The number of amides is 1. The van der Waals surface area contributed by atoms with Gasteiger partial charge in [-0.3, -0.25) is 4.79 Å². The van der Waals surface area contributed by atoms with Gasteiger partial charge in [0, 0.05) is 18.2 Å². The number of nitrogens with zero attached hydrogens (tertiary/aromatic N) is 1. The Bertz CT molecular complexity index is 587. The molecule has 21 heavy (non-hydrogen) atoms. The predicted molar refractivity (Wildman–Crippen MR) is 77.6 cm³/mol. The number of carbonyl (C=O) groups excluding carboxylic acids is 1. The van der Waals surface area contributed by atoms with Crippen LogP contribution >= 0.6 is 0 Å². The molecule has 0 saturated carbocycles. The van der Waals surface area contributed by atoms with Crippen LogP contribution in [0.2, 0.25) is 0 Å². The highest BCUT2D eigenvalue weighted by molar-refractivity contribution is 7.91. The monoisotopic (exact) mass is 313 g/mol. The molecule has 0 radical (unpaired) electrons. The van der Waals surface area contributed by atoms with E-state index >= 15 is 0 Å². The summed E-state index contributed by atoms with van der Waals surface area (Å²) < 4.78 is 23.2. The lowest BCUT2D eigenvalue weighted by molar-refractivity contribution is 0.0375. The van der Waals surface area contributed by atoms with Crippen LogP contribution in [0.4, 0.5) is 0 Å². The number of hydrogen-bond acceptors (Lipinski definition) is 5. The second-order valence-electron chi connectivity index (χ2n) is 5.22. The molecule has 1 fully saturated rings. The molecule has 1 amide bonds. The molecule has 2 atom stereocenters. The van der Waals surface area contributed by atoms with Crippen molar-refractivity contribution in [2.24, 2.45) is 0 Å². The zero-order valence-corrected chi connectivity index (χ0v) is 12.4. The van der Waals surface area contributed by atoms with E-state index < -0.39 is 28.6 Å². The topological polar surface area (TPSA) is 94.9 Å². The summed E-state index contributed by atoms with van der Waals surface area (Å²) in [5.74, 6) is -0.375. The number of hydrogen-bond donors (Lipinski definition) is 2. The highest BCUT2D eigenvalue weighted by Crippen LogP contribution is 2.20. The summed E-state index contributed by atoms with van der Waals surface area (Å²) in [6.45, 7) is -0.553. The van der Waals surface area contributed by atoms with Crippen molar-refractivity contribution >= 4 is 15.7 Å². The first kappa shape index (κ1) is 15.9. The van der Waals surface area contributed by atoms with Gasteiger partial charge in [-0.2, -0.15) is 0 Å². The molecule has 6 nitrogen and oxygen atoms in total. The summed E-state index contributed by atoms with van der Waals surface area (Å²) in [6, 6.07) is 8.06. The van der Waals surface area contributed by atoms with Crippen LogP contribution in [-0.4, -0.2) is 66.2 Å². The number of aliphatic hydroxyl groups is 2. The Labute approximate surface area is 123 Å². The van der Waals surface area contributed by atoms with Crippen LogP contribution in [0.5, 0.6) is 0 Å². The van der Waals surface area contributed by atoms with Crippen molar-refractivity contribution in [3.05, 3.63) is 35.9 Å². The largest absolute Gasteiger partial charge is 0.394 e. The molecule has 0 aromatic heterocycles. The van der Waals surface area contributed by atoms with E-state index in [1.807, 2.05) is 0 Å². The van der Waals surface area contributed by atoms with Crippen molar-refractivity contribution in [2.45, 2.75) is 18.6 Å². The van der Waals surface area contributed by atoms with Crippen LogP contribution in [-0.2, 0) is 9.84 Å². The second kappa shape index (κ2) is 6.55. The van der Waals surface area contributed by atoms with E-state index in [1.54, 1.807) is 30.3 Å². The van der Waals surface area contributed by atoms with Gasteiger partial charge in [-0.1, -0.05) is 18.2 Å². The third-order valence-corrected chi connectivity index (χ3v) is 5.30. The lowest BCUT2D eigenvalue weighted by atomic mass is 10.1. The van der Waals surface area contributed by atoms with Crippen molar-refractivity contribution in [1.82, 2.24) is 4.90 Å². The maximum Gasteiger partial charge on any atom is 0.254 e. The molecule has 1 aliphatic heterocycles. The summed E-state index contributed by atoms with van der Waals surface area (Å²) >= 11 is 0. The minimum absolute atomic E-state index is 0.0471. The van der Waals surface area contributed by atoms with E-state index in [4.69, 9.17) is 5.11 Å². The van der Waals surface area contributed by atoms with Gasteiger partial charge in [0.1, 0.15) is 0 Å². The van der Waals surface area contributed by atoms with Crippen molar-refractivity contribution in [1.29, 1.82) is 0 Å². The first-order chi connectivity index (χ1) is 9.93. The number of aliphatic hydroxyl groups excluding tert-OH is 2. The fourth-order valence-electron chi connectivity index (χ4n) is 2.45. The maximum absolute atomic E-state index is 12.5. The minimum Gasteiger partial charge on any atom is -0.394 e. The summed E-state index contributed by atoms with van der Waals surface area (Å²) in [4.78, 5) is 13.9. The number of benzene rings is 1. The van der Waals surface area contributed by atoms with Gasteiger partial charge in [0.25, 0.3) is 5.91 Å². The average Bonchev–Trinajstić information content (AvgIpc) is 2.84. The molecule has 2 N–H and O–H groups in total. The second-order valence-corrected chi connectivity index (χ2v) is 7.45. The van der Waals surface area contributed by atoms with Gasteiger partial charge in [0.2, 0.25) is 0 Å². The molecule has 116 valence electrons. The van der Waals surface area contributed by atoms with E-state index in [1.165, 1.54) is 4.90 Å². The Balaban J connectivity index is 2.22. The lowest BCUT2D eigenvalue weighted by Gasteiger charge is -2.30. The Morgan fingerprint density at radius 3 is 2.52 bits per heavy atom. The molecule has 1 aromatic rings. The van der Waals surface area contributed by atoms with E-state index in [-0.39, 0.29) is 24.0 Å².